The molecular weight excluding hydrogens is 372 g/mol. The summed E-state index contributed by atoms with van der Waals surface area (Å²) < 4.78 is 7.12. The number of nitrogens with one attached hydrogen (secondary N) is 1. The summed E-state index contributed by atoms with van der Waals surface area (Å²) in [7, 11) is 1.62. The maximum absolute atomic E-state index is 13.0. The zero-order valence-corrected chi connectivity index (χ0v) is 16.2. The average molecular weight is 390 g/mol. The fourth-order valence-corrected chi connectivity index (χ4v) is 3.72. The lowest BCUT2D eigenvalue weighted by atomic mass is 10.1. The van der Waals surface area contributed by atoms with Crippen molar-refractivity contribution in [2.24, 2.45) is 0 Å². The first-order valence-corrected chi connectivity index (χ1v) is 9.49. The van der Waals surface area contributed by atoms with Crippen molar-refractivity contribution in [3.05, 3.63) is 77.6 Å². The highest BCUT2D eigenvalue weighted by Gasteiger charge is 2.21. The van der Waals surface area contributed by atoms with Crippen LogP contribution in [0.1, 0.15) is 15.4 Å². The Kier molecular flexibility index (Phi) is 4.90. The van der Waals surface area contributed by atoms with Crippen LogP contribution in [0.3, 0.4) is 0 Å². The molecule has 0 aliphatic heterocycles. The number of thiazole rings is 1. The third-order valence-electron chi connectivity index (χ3n) is 4.14. The maximum atomic E-state index is 13.0. The number of ether oxygens (including phenoxy) is 1. The zero-order chi connectivity index (χ0) is 19.5. The molecule has 0 aliphatic carbocycles. The minimum Gasteiger partial charge on any atom is -0.497 e. The number of benzene rings is 1. The molecule has 4 rings (SSSR count). The Labute approximate surface area is 166 Å². The monoisotopic (exact) mass is 390 g/mol. The molecule has 1 N–H and O–H groups in total. The van der Waals surface area contributed by atoms with Gasteiger partial charge in [-0.05, 0) is 55.5 Å². The van der Waals surface area contributed by atoms with Crippen LogP contribution in [0.25, 0.3) is 16.4 Å². The summed E-state index contributed by atoms with van der Waals surface area (Å²) in [6, 6.07) is 16.9. The van der Waals surface area contributed by atoms with Gasteiger partial charge in [0.05, 0.1) is 12.8 Å². The fourth-order valence-electron chi connectivity index (χ4n) is 2.77. The quantitative estimate of drug-likeness (QED) is 0.542. The predicted molar refractivity (Wildman–Crippen MR) is 110 cm³/mol. The molecule has 0 fully saturated rings. The van der Waals surface area contributed by atoms with Crippen molar-refractivity contribution in [2.45, 2.75) is 6.92 Å². The van der Waals surface area contributed by atoms with Crippen molar-refractivity contribution >= 4 is 23.1 Å². The first-order chi connectivity index (χ1) is 13.6. The lowest BCUT2D eigenvalue weighted by molar-refractivity contribution is 0.103. The van der Waals surface area contributed by atoms with Gasteiger partial charge in [-0.25, -0.2) is 9.97 Å². The third-order valence-corrected chi connectivity index (χ3v) is 5.21. The van der Waals surface area contributed by atoms with Crippen LogP contribution < -0.4 is 10.1 Å². The van der Waals surface area contributed by atoms with Gasteiger partial charge in [0.2, 0.25) is 0 Å². The highest BCUT2D eigenvalue weighted by Crippen LogP contribution is 2.32. The summed E-state index contributed by atoms with van der Waals surface area (Å²) in [6.45, 7) is 1.88. The minimum atomic E-state index is -0.236. The second kappa shape index (κ2) is 7.66. The second-order valence-corrected chi connectivity index (χ2v) is 7.09. The minimum absolute atomic E-state index is 0.236. The molecule has 1 aromatic carbocycles. The number of rotatable bonds is 5. The average Bonchev–Trinajstić information content (AvgIpc) is 3.38. The molecule has 3 aromatic heterocycles. The van der Waals surface area contributed by atoms with Gasteiger partial charge in [0, 0.05) is 23.7 Å². The van der Waals surface area contributed by atoms with Crippen molar-refractivity contribution in [1.29, 1.82) is 0 Å². The van der Waals surface area contributed by atoms with E-state index in [0.717, 1.165) is 22.1 Å². The van der Waals surface area contributed by atoms with Gasteiger partial charge in [-0.3, -0.25) is 4.79 Å². The van der Waals surface area contributed by atoms with Gasteiger partial charge >= 0.3 is 0 Å². The molecular formula is C21H18N4O2S. The van der Waals surface area contributed by atoms with Crippen molar-refractivity contribution < 1.29 is 9.53 Å². The number of aromatic nitrogens is 3. The molecule has 0 radical (unpaired) electrons. The Hall–Kier alpha value is -3.45. The predicted octanol–water partition coefficient (Wildman–Crippen LogP) is 4.57. The Morgan fingerprint density at radius 2 is 1.79 bits per heavy atom. The molecule has 0 atom stereocenters. The molecule has 0 saturated carbocycles. The van der Waals surface area contributed by atoms with Crippen LogP contribution in [-0.4, -0.2) is 27.6 Å². The molecule has 140 valence electrons. The van der Waals surface area contributed by atoms with E-state index in [-0.39, 0.29) is 5.91 Å². The summed E-state index contributed by atoms with van der Waals surface area (Å²) in [5.74, 6) is 1.03. The van der Waals surface area contributed by atoms with E-state index in [0.29, 0.717) is 16.4 Å². The van der Waals surface area contributed by atoms with Gasteiger partial charge in [0.1, 0.15) is 16.4 Å². The molecule has 0 aliphatic rings. The number of aryl methyl sites for hydroxylation is 1. The Morgan fingerprint density at radius 3 is 2.46 bits per heavy atom. The topological polar surface area (TPSA) is 69.0 Å². The SMILES string of the molecule is COc1ccc(-c2nc(-n3cccc3)sc2C(=O)Nc2cccc(C)n2)cc1. The molecule has 7 heteroatoms. The standard InChI is InChI=1S/C21H18N4O2S/c1-14-6-5-7-17(22-14)23-20(26)19-18(15-8-10-16(27-2)11-9-15)24-21(28-19)25-12-3-4-13-25/h3-13H,1-2H3,(H,22,23,26). The number of hydrogen-bond acceptors (Lipinski definition) is 5. The van der Waals surface area contributed by atoms with E-state index in [2.05, 4.69) is 10.3 Å². The lowest BCUT2D eigenvalue weighted by Gasteiger charge is -2.06. The van der Waals surface area contributed by atoms with E-state index in [1.807, 2.05) is 72.4 Å². The summed E-state index contributed by atoms with van der Waals surface area (Å²) in [5, 5.41) is 3.60. The van der Waals surface area contributed by atoms with E-state index < -0.39 is 0 Å². The number of anilines is 1. The van der Waals surface area contributed by atoms with Crippen LogP contribution in [0.2, 0.25) is 0 Å². The van der Waals surface area contributed by atoms with Crippen LogP contribution in [0.15, 0.2) is 67.0 Å². The molecule has 28 heavy (non-hydrogen) atoms. The number of amides is 1. The van der Waals surface area contributed by atoms with Crippen LogP contribution in [0.4, 0.5) is 5.82 Å². The lowest BCUT2D eigenvalue weighted by Crippen LogP contribution is -2.12. The normalized spacial score (nSPS) is 10.6. The number of methoxy groups -OCH3 is 1. The van der Waals surface area contributed by atoms with Crippen molar-refractivity contribution in [1.82, 2.24) is 14.5 Å². The van der Waals surface area contributed by atoms with Gasteiger partial charge < -0.3 is 14.6 Å². The molecule has 6 nitrogen and oxygen atoms in total. The fraction of sp³-hybridized carbons (Fsp3) is 0.0952. The molecule has 0 unspecified atom stereocenters. The van der Waals surface area contributed by atoms with Gasteiger partial charge in [0.15, 0.2) is 5.13 Å². The van der Waals surface area contributed by atoms with Gasteiger partial charge in [-0.1, -0.05) is 17.4 Å². The number of pyridine rings is 1. The Morgan fingerprint density at radius 1 is 1.04 bits per heavy atom. The zero-order valence-electron chi connectivity index (χ0n) is 15.4. The summed E-state index contributed by atoms with van der Waals surface area (Å²) in [5.41, 5.74) is 2.31. The molecule has 1 amide bonds. The number of nitrogens with zero attached hydrogens (tertiary/aromatic N) is 3. The van der Waals surface area contributed by atoms with E-state index in [1.54, 1.807) is 13.2 Å². The van der Waals surface area contributed by atoms with E-state index in [1.165, 1.54) is 11.3 Å². The number of hydrogen-bond donors (Lipinski definition) is 1. The molecule has 0 bridgehead atoms. The first-order valence-electron chi connectivity index (χ1n) is 8.67. The maximum Gasteiger partial charge on any atom is 0.269 e. The van der Waals surface area contributed by atoms with Crippen molar-refractivity contribution in [3.8, 4) is 22.1 Å². The van der Waals surface area contributed by atoms with Gasteiger partial charge in [0.25, 0.3) is 5.91 Å². The van der Waals surface area contributed by atoms with Gasteiger partial charge in [-0.2, -0.15) is 0 Å². The van der Waals surface area contributed by atoms with Crippen LogP contribution in [0.5, 0.6) is 5.75 Å². The number of carbonyl (C=O) groups is 1. The first kappa shape index (κ1) is 17.9. The molecule has 4 aromatic rings. The van der Waals surface area contributed by atoms with E-state index in [4.69, 9.17) is 9.72 Å². The summed E-state index contributed by atoms with van der Waals surface area (Å²) >= 11 is 1.33. The van der Waals surface area contributed by atoms with Crippen LogP contribution in [0, 0.1) is 6.92 Å². The smallest absolute Gasteiger partial charge is 0.269 e. The third kappa shape index (κ3) is 3.65. The Balaban J connectivity index is 1.74. The van der Waals surface area contributed by atoms with Crippen LogP contribution >= 0.6 is 11.3 Å². The highest BCUT2D eigenvalue weighted by molar-refractivity contribution is 7.16. The second-order valence-electron chi connectivity index (χ2n) is 6.11. The van der Waals surface area contributed by atoms with Crippen molar-refractivity contribution in [3.63, 3.8) is 0 Å². The van der Waals surface area contributed by atoms with Crippen molar-refractivity contribution in [2.75, 3.05) is 12.4 Å². The molecule has 0 saturated heterocycles. The molecule has 0 spiro atoms. The molecule has 3 heterocycles. The van der Waals surface area contributed by atoms with E-state index in [9.17, 15) is 4.79 Å². The Bertz CT molecular complexity index is 1100. The summed E-state index contributed by atoms with van der Waals surface area (Å²) in [6.07, 6.45) is 3.81. The van der Waals surface area contributed by atoms with Crippen LogP contribution in [-0.2, 0) is 0 Å². The van der Waals surface area contributed by atoms with Gasteiger partial charge in [-0.15, -0.1) is 0 Å². The summed E-state index contributed by atoms with van der Waals surface area (Å²) in [4.78, 5) is 22.6. The van der Waals surface area contributed by atoms with E-state index >= 15 is 0 Å². The highest BCUT2D eigenvalue weighted by atomic mass is 32.1. The largest absolute Gasteiger partial charge is 0.497 e. The number of carbonyl (C=O) groups excluding carboxylic acids is 1.